The molecule has 1 aliphatic carbocycles. The van der Waals surface area contributed by atoms with E-state index in [4.69, 9.17) is 4.74 Å². The molecular formula is C20H27N5O. The zero-order chi connectivity index (χ0) is 17.6. The van der Waals surface area contributed by atoms with Crippen molar-refractivity contribution < 1.29 is 4.74 Å². The van der Waals surface area contributed by atoms with Gasteiger partial charge < -0.3 is 4.74 Å². The van der Waals surface area contributed by atoms with Gasteiger partial charge >= 0.3 is 0 Å². The molecule has 3 heterocycles. The molecule has 2 unspecified atom stereocenters. The number of hydrogen-bond acceptors (Lipinski definition) is 5. The molecule has 1 aromatic heterocycles. The fourth-order valence-corrected chi connectivity index (χ4v) is 5.09. The fourth-order valence-electron chi connectivity index (χ4n) is 5.09. The molecule has 1 spiro atoms. The number of aromatic nitrogens is 4. The lowest BCUT2D eigenvalue weighted by Gasteiger charge is -2.29. The summed E-state index contributed by atoms with van der Waals surface area (Å²) in [6.07, 6.45) is 7.36. The van der Waals surface area contributed by atoms with Crippen LogP contribution in [0.2, 0.25) is 0 Å². The third-order valence-corrected chi connectivity index (χ3v) is 6.63. The zero-order valence-electron chi connectivity index (χ0n) is 15.5. The molecule has 0 bridgehead atoms. The van der Waals surface area contributed by atoms with Crippen LogP contribution in [0.25, 0.3) is 0 Å². The summed E-state index contributed by atoms with van der Waals surface area (Å²) in [5.41, 5.74) is 2.57. The van der Waals surface area contributed by atoms with E-state index < -0.39 is 0 Å². The van der Waals surface area contributed by atoms with Crippen LogP contribution < -0.4 is 0 Å². The monoisotopic (exact) mass is 353 g/mol. The summed E-state index contributed by atoms with van der Waals surface area (Å²) in [5, 5.41) is 12.8. The second-order valence-electron chi connectivity index (χ2n) is 8.11. The van der Waals surface area contributed by atoms with E-state index in [0.717, 1.165) is 31.9 Å². The Balaban J connectivity index is 1.37. The van der Waals surface area contributed by atoms with Crippen molar-refractivity contribution in [2.75, 3.05) is 13.1 Å². The van der Waals surface area contributed by atoms with Crippen LogP contribution in [0.5, 0.6) is 0 Å². The Morgan fingerprint density at radius 3 is 2.92 bits per heavy atom. The van der Waals surface area contributed by atoms with Gasteiger partial charge in [0, 0.05) is 13.1 Å². The molecule has 1 saturated heterocycles. The molecule has 2 fully saturated rings. The molecule has 26 heavy (non-hydrogen) atoms. The first kappa shape index (κ1) is 16.4. The van der Waals surface area contributed by atoms with Crippen LogP contribution in [0, 0.1) is 0 Å². The minimum Gasteiger partial charge on any atom is -0.364 e. The lowest BCUT2D eigenvalue weighted by atomic mass is 9.92. The Morgan fingerprint density at radius 1 is 1.19 bits per heavy atom. The van der Waals surface area contributed by atoms with E-state index >= 15 is 0 Å². The standard InChI is InChI=1S/C20H27N5O/c1-15(19-21-22-23-25(19)17-8-3-2-4-9-17)24-12-11-20(14-24)18-10-6-5-7-16(18)13-26-20/h5-7,10,15,17H,2-4,8-9,11-14H2,1H3. The van der Waals surface area contributed by atoms with Gasteiger partial charge in [-0.1, -0.05) is 43.5 Å². The van der Waals surface area contributed by atoms with E-state index in [0.29, 0.717) is 6.04 Å². The van der Waals surface area contributed by atoms with E-state index in [9.17, 15) is 0 Å². The van der Waals surface area contributed by atoms with Crippen LogP contribution in [0.4, 0.5) is 0 Å². The maximum absolute atomic E-state index is 6.32. The van der Waals surface area contributed by atoms with E-state index in [2.05, 4.69) is 56.3 Å². The van der Waals surface area contributed by atoms with Gasteiger partial charge in [0.15, 0.2) is 5.82 Å². The number of likely N-dealkylation sites (tertiary alicyclic amines) is 1. The number of rotatable bonds is 3. The van der Waals surface area contributed by atoms with Gasteiger partial charge in [-0.25, -0.2) is 4.68 Å². The van der Waals surface area contributed by atoms with Gasteiger partial charge in [0.1, 0.15) is 5.60 Å². The minimum atomic E-state index is -0.145. The van der Waals surface area contributed by atoms with Gasteiger partial charge in [-0.3, -0.25) is 4.90 Å². The van der Waals surface area contributed by atoms with E-state index in [-0.39, 0.29) is 11.6 Å². The Bertz CT molecular complexity index is 784. The molecule has 0 amide bonds. The van der Waals surface area contributed by atoms with Crippen LogP contribution in [-0.4, -0.2) is 38.2 Å². The average molecular weight is 353 g/mol. The lowest BCUT2D eigenvalue weighted by molar-refractivity contribution is -0.0321. The second-order valence-corrected chi connectivity index (χ2v) is 8.11. The molecule has 1 saturated carbocycles. The molecule has 6 heteroatoms. The van der Waals surface area contributed by atoms with Crippen LogP contribution >= 0.6 is 0 Å². The first-order valence-corrected chi connectivity index (χ1v) is 10.0. The number of benzene rings is 1. The predicted octanol–water partition coefficient (Wildman–Crippen LogP) is 3.37. The fraction of sp³-hybridized carbons (Fsp3) is 0.650. The summed E-state index contributed by atoms with van der Waals surface area (Å²) < 4.78 is 8.43. The largest absolute Gasteiger partial charge is 0.364 e. The molecule has 2 aromatic rings. The van der Waals surface area contributed by atoms with Crippen molar-refractivity contribution in [1.82, 2.24) is 25.1 Å². The van der Waals surface area contributed by atoms with Gasteiger partial charge in [-0.05, 0) is 47.7 Å². The average Bonchev–Trinajstić information content (AvgIpc) is 3.42. The second kappa shape index (κ2) is 6.43. The summed E-state index contributed by atoms with van der Waals surface area (Å²) in [7, 11) is 0. The van der Waals surface area contributed by atoms with Crippen molar-refractivity contribution in [3.63, 3.8) is 0 Å². The molecule has 0 N–H and O–H groups in total. The van der Waals surface area contributed by atoms with Crippen molar-refractivity contribution in [2.24, 2.45) is 0 Å². The highest BCUT2D eigenvalue weighted by Crippen LogP contribution is 2.45. The van der Waals surface area contributed by atoms with E-state index in [1.54, 1.807) is 0 Å². The topological polar surface area (TPSA) is 56.1 Å². The molecule has 2 aliphatic heterocycles. The van der Waals surface area contributed by atoms with Crippen molar-refractivity contribution in [3.8, 4) is 0 Å². The first-order chi connectivity index (χ1) is 12.8. The third-order valence-electron chi connectivity index (χ3n) is 6.63. The van der Waals surface area contributed by atoms with Crippen LogP contribution in [0.3, 0.4) is 0 Å². The number of fused-ring (bicyclic) bond motifs is 2. The van der Waals surface area contributed by atoms with Crippen molar-refractivity contribution in [1.29, 1.82) is 0 Å². The first-order valence-electron chi connectivity index (χ1n) is 10.0. The van der Waals surface area contributed by atoms with Crippen molar-refractivity contribution in [3.05, 3.63) is 41.2 Å². The number of nitrogens with zero attached hydrogens (tertiary/aromatic N) is 5. The van der Waals surface area contributed by atoms with E-state index in [1.165, 1.54) is 43.2 Å². The van der Waals surface area contributed by atoms with Gasteiger partial charge in [0.2, 0.25) is 0 Å². The Labute approximate surface area is 154 Å². The Hall–Kier alpha value is -1.79. The Morgan fingerprint density at radius 2 is 2.04 bits per heavy atom. The Kier molecular flexibility index (Phi) is 4.05. The van der Waals surface area contributed by atoms with Gasteiger partial charge in [-0.15, -0.1) is 5.10 Å². The third kappa shape index (κ3) is 2.58. The molecular weight excluding hydrogens is 326 g/mol. The zero-order valence-corrected chi connectivity index (χ0v) is 15.5. The maximum atomic E-state index is 6.32. The lowest BCUT2D eigenvalue weighted by Crippen LogP contribution is -2.33. The highest BCUT2D eigenvalue weighted by molar-refractivity contribution is 5.36. The highest BCUT2D eigenvalue weighted by atomic mass is 16.5. The maximum Gasteiger partial charge on any atom is 0.168 e. The molecule has 3 aliphatic rings. The van der Waals surface area contributed by atoms with Gasteiger partial charge in [0.25, 0.3) is 0 Å². The number of tetrazole rings is 1. The quantitative estimate of drug-likeness (QED) is 0.847. The number of hydrogen-bond donors (Lipinski definition) is 0. The highest BCUT2D eigenvalue weighted by Gasteiger charge is 2.47. The molecule has 138 valence electrons. The van der Waals surface area contributed by atoms with Gasteiger partial charge in [-0.2, -0.15) is 0 Å². The predicted molar refractivity (Wildman–Crippen MR) is 97.5 cm³/mol. The summed E-state index contributed by atoms with van der Waals surface area (Å²) in [6, 6.07) is 9.35. The smallest absolute Gasteiger partial charge is 0.168 e. The summed E-state index contributed by atoms with van der Waals surface area (Å²) >= 11 is 0. The van der Waals surface area contributed by atoms with Crippen LogP contribution in [0.15, 0.2) is 24.3 Å². The molecule has 2 atom stereocenters. The summed E-state index contributed by atoms with van der Waals surface area (Å²) in [6.45, 7) is 4.92. The van der Waals surface area contributed by atoms with Crippen LogP contribution in [0.1, 0.15) is 74.5 Å². The normalized spacial score (nSPS) is 27.9. The molecule has 0 radical (unpaired) electrons. The van der Waals surface area contributed by atoms with Crippen molar-refractivity contribution >= 4 is 0 Å². The van der Waals surface area contributed by atoms with Gasteiger partial charge in [0.05, 0.1) is 18.7 Å². The van der Waals surface area contributed by atoms with Crippen molar-refractivity contribution in [2.45, 2.75) is 69.7 Å². The SMILES string of the molecule is CC(c1nnnn1C1CCCCC1)N1CCC2(C1)OCc1ccccc12. The van der Waals surface area contributed by atoms with Crippen LogP contribution in [-0.2, 0) is 16.9 Å². The summed E-state index contributed by atoms with van der Waals surface area (Å²) in [4.78, 5) is 2.49. The minimum absolute atomic E-state index is 0.145. The van der Waals surface area contributed by atoms with E-state index in [1.807, 2.05) is 0 Å². The molecule has 1 aromatic carbocycles. The number of ether oxygens (including phenoxy) is 1. The molecule has 6 nitrogen and oxygen atoms in total. The molecule has 5 rings (SSSR count). The summed E-state index contributed by atoms with van der Waals surface area (Å²) in [5.74, 6) is 1.01.